The number of nitrogens with two attached hydrogens (primary N) is 2. The third kappa shape index (κ3) is 1.71. The number of guanidine groups is 1. The van der Waals surface area contributed by atoms with Crippen molar-refractivity contribution < 1.29 is 9.47 Å². The number of nitrogens with zero attached hydrogens (tertiary/aromatic N) is 1. The van der Waals surface area contributed by atoms with Gasteiger partial charge in [-0.1, -0.05) is 6.07 Å². The van der Waals surface area contributed by atoms with Crippen LogP contribution in [-0.2, 0) is 6.54 Å². The van der Waals surface area contributed by atoms with Crippen LogP contribution in [0.1, 0.15) is 5.56 Å². The van der Waals surface area contributed by atoms with E-state index in [1.165, 1.54) is 0 Å². The first kappa shape index (κ1) is 8.68. The Kier molecular flexibility index (Phi) is 2.14. The second-order valence-electron chi connectivity index (χ2n) is 2.93. The number of ether oxygens (including phenoxy) is 2. The van der Waals surface area contributed by atoms with E-state index in [1.807, 2.05) is 18.2 Å². The summed E-state index contributed by atoms with van der Waals surface area (Å²) in [5, 5.41) is 0. The molecule has 0 radical (unpaired) electrons. The normalized spacial score (nSPS) is 12.6. The van der Waals surface area contributed by atoms with Gasteiger partial charge in [0, 0.05) is 0 Å². The van der Waals surface area contributed by atoms with Crippen LogP contribution < -0.4 is 20.9 Å². The third-order valence-electron chi connectivity index (χ3n) is 1.88. The highest BCUT2D eigenvalue weighted by Gasteiger charge is 2.12. The quantitative estimate of drug-likeness (QED) is 0.518. The van der Waals surface area contributed by atoms with Gasteiger partial charge in [0.1, 0.15) is 0 Å². The van der Waals surface area contributed by atoms with Crippen molar-refractivity contribution in [2.45, 2.75) is 6.54 Å². The van der Waals surface area contributed by atoms with E-state index < -0.39 is 0 Å². The lowest BCUT2D eigenvalue weighted by Gasteiger charge is -1.99. The fourth-order valence-corrected chi connectivity index (χ4v) is 1.22. The van der Waals surface area contributed by atoms with Gasteiger partial charge in [-0.25, -0.2) is 4.99 Å². The summed E-state index contributed by atoms with van der Waals surface area (Å²) in [5.74, 6) is 1.59. The van der Waals surface area contributed by atoms with Crippen LogP contribution in [0.4, 0.5) is 0 Å². The van der Waals surface area contributed by atoms with Crippen LogP contribution in [0.15, 0.2) is 23.2 Å². The molecule has 14 heavy (non-hydrogen) atoms. The number of hydrogen-bond acceptors (Lipinski definition) is 3. The lowest BCUT2D eigenvalue weighted by Crippen LogP contribution is -2.22. The average molecular weight is 193 g/mol. The molecule has 5 nitrogen and oxygen atoms in total. The Morgan fingerprint density at radius 2 is 2.07 bits per heavy atom. The van der Waals surface area contributed by atoms with Crippen molar-refractivity contribution in [2.75, 3.05) is 6.79 Å². The van der Waals surface area contributed by atoms with E-state index in [0.29, 0.717) is 6.54 Å². The van der Waals surface area contributed by atoms with Crippen LogP contribution in [0.2, 0.25) is 0 Å². The number of rotatable bonds is 2. The van der Waals surface area contributed by atoms with Gasteiger partial charge in [-0.15, -0.1) is 0 Å². The Hall–Kier alpha value is -1.91. The molecule has 0 spiro atoms. The average Bonchev–Trinajstić information content (AvgIpc) is 2.61. The topological polar surface area (TPSA) is 82.9 Å². The molecule has 1 aromatic carbocycles. The molecule has 1 aliphatic rings. The predicted molar refractivity (Wildman–Crippen MR) is 52.1 cm³/mol. The summed E-state index contributed by atoms with van der Waals surface area (Å²) in [6.45, 7) is 0.736. The minimum absolute atomic E-state index is 0.0858. The van der Waals surface area contributed by atoms with Crippen LogP contribution in [0.5, 0.6) is 11.5 Å². The molecule has 2 rings (SSSR count). The zero-order valence-corrected chi connectivity index (χ0v) is 7.56. The second-order valence-corrected chi connectivity index (χ2v) is 2.93. The van der Waals surface area contributed by atoms with Crippen LogP contribution in [0, 0.1) is 0 Å². The largest absolute Gasteiger partial charge is 0.454 e. The SMILES string of the molecule is NC(N)=NCc1ccc2c(c1)OCO2. The van der Waals surface area contributed by atoms with Crippen molar-refractivity contribution in [3.8, 4) is 11.5 Å². The van der Waals surface area contributed by atoms with Gasteiger partial charge in [-0.3, -0.25) is 0 Å². The monoisotopic (exact) mass is 193 g/mol. The molecule has 74 valence electrons. The van der Waals surface area contributed by atoms with E-state index >= 15 is 0 Å². The molecule has 0 saturated carbocycles. The fourth-order valence-electron chi connectivity index (χ4n) is 1.22. The number of aliphatic imine (C=N–C) groups is 1. The molecule has 0 aliphatic carbocycles. The summed E-state index contributed by atoms with van der Waals surface area (Å²) in [4.78, 5) is 3.90. The van der Waals surface area contributed by atoms with Crippen molar-refractivity contribution in [1.29, 1.82) is 0 Å². The molecule has 0 bridgehead atoms. The molecule has 1 heterocycles. The summed E-state index contributed by atoms with van der Waals surface area (Å²) >= 11 is 0. The summed E-state index contributed by atoms with van der Waals surface area (Å²) in [6, 6.07) is 5.62. The maximum absolute atomic E-state index is 5.22. The first-order valence-electron chi connectivity index (χ1n) is 4.19. The Morgan fingerprint density at radius 3 is 2.86 bits per heavy atom. The first-order chi connectivity index (χ1) is 6.75. The Labute approximate surface area is 81.3 Å². The Morgan fingerprint density at radius 1 is 1.29 bits per heavy atom. The number of fused-ring (bicyclic) bond motifs is 1. The summed E-state index contributed by atoms with van der Waals surface area (Å²) < 4.78 is 10.4. The van der Waals surface area contributed by atoms with Crippen molar-refractivity contribution in [2.24, 2.45) is 16.5 Å². The summed E-state index contributed by atoms with van der Waals surface area (Å²) in [6.07, 6.45) is 0. The molecule has 5 heteroatoms. The predicted octanol–water partition coefficient (Wildman–Crippen LogP) is 0.189. The van der Waals surface area contributed by atoms with Gasteiger partial charge in [0.15, 0.2) is 17.5 Å². The molecule has 0 amide bonds. The molecule has 0 atom stereocenters. The molecule has 0 saturated heterocycles. The van der Waals surface area contributed by atoms with Gasteiger partial charge in [0.2, 0.25) is 6.79 Å². The van der Waals surface area contributed by atoms with E-state index in [9.17, 15) is 0 Å². The lowest BCUT2D eigenvalue weighted by atomic mass is 10.2. The minimum atomic E-state index is 0.0858. The highest BCUT2D eigenvalue weighted by Crippen LogP contribution is 2.32. The van der Waals surface area contributed by atoms with Crippen LogP contribution >= 0.6 is 0 Å². The molecule has 0 aromatic heterocycles. The zero-order chi connectivity index (χ0) is 9.97. The van der Waals surface area contributed by atoms with Crippen molar-refractivity contribution in [3.63, 3.8) is 0 Å². The standard InChI is InChI=1S/C9H11N3O2/c10-9(11)12-4-6-1-2-7-8(3-6)14-5-13-7/h1-3H,4-5H2,(H4,10,11,12). The van der Waals surface area contributed by atoms with Crippen LogP contribution in [0.25, 0.3) is 0 Å². The van der Waals surface area contributed by atoms with Crippen molar-refractivity contribution in [3.05, 3.63) is 23.8 Å². The van der Waals surface area contributed by atoms with Gasteiger partial charge in [-0.05, 0) is 17.7 Å². The Bertz CT molecular complexity index is 372. The van der Waals surface area contributed by atoms with Gasteiger partial charge in [0.05, 0.1) is 6.54 Å². The van der Waals surface area contributed by atoms with Crippen LogP contribution in [0.3, 0.4) is 0 Å². The fraction of sp³-hybridized carbons (Fsp3) is 0.222. The van der Waals surface area contributed by atoms with Crippen molar-refractivity contribution in [1.82, 2.24) is 0 Å². The zero-order valence-electron chi connectivity index (χ0n) is 7.56. The molecule has 1 aromatic rings. The first-order valence-corrected chi connectivity index (χ1v) is 4.19. The van der Waals surface area contributed by atoms with Gasteiger partial charge in [-0.2, -0.15) is 0 Å². The molecular formula is C9H11N3O2. The van der Waals surface area contributed by atoms with E-state index in [1.54, 1.807) is 0 Å². The van der Waals surface area contributed by atoms with E-state index in [2.05, 4.69) is 4.99 Å². The molecule has 1 aliphatic heterocycles. The maximum atomic E-state index is 5.22. The second kappa shape index (κ2) is 3.45. The van der Waals surface area contributed by atoms with Crippen molar-refractivity contribution >= 4 is 5.96 Å². The van der Waals surface area contributed by atoms with E-state index in [4.69, 9.17) is 20.9 Å². The molecular weight excluding hydrogens is 182 g/mol. The number of benzene rings is 1. The Balaban J connectivity index is 2.17. The number of hydrogen-bond donors (Lipinski definition) is 2. The van der Waals surface area contributed by atoms with E-state index in [0.717, 1.165) is 17.1 Å². The smallest absolute Gasteiger partial charge is 0.231 e. The van der Waals surface area contributed by atoms with Gasteiger partial charge >= 0.3 is 0 Å². The minimum Gasteiger partial charge on any atom is -0.454 e. The maximum Gasteiger partial charge on any atom is 0.231 e. The van der Waals surface area contributed by atoms with E-state index in [-0.39, 0.29) is 12.8 Å². The van der Waals surface area contributed by atoms with Crippen LogP contribution in [-0.4, -0.2) is 12.8 Å². The lowest BCUT2D eigenvalue weighted by molar-refractivity contribution is 0.174. The molecule has 4 N–H and O–H groups in total. The van der Waals surface area contributed by atoms with Gasteiger partial charge < -0.3 is 20.9 Å². The van der Waals surface area contributed by atoms with Gasteiger partial charge in [0.25, 0.3) is 0 Å². The third-order valence-corrected chi connectivity index (χ3v) is 1.88. The summed E-state index contributed by atoms with van der Waals surface area (Å²) in [7, 11) is 0. The highest BCUT2D eigenvalue weighted by molar-refractivity contribution is 5.75. The summed E-state index contributed by atoms with van der Waals surface area (Å²) in [5.41, 5.74) is 11.4. The molecule has 0 unspecified atom stereocenters. The molecule has 0 fully saturated rings. The highest BCUT2D eigenvalue weighted by atomic mass is 16.7.